The monoisotopic (exact) mass is 340 g/mol. The molecule has 3 aromatic carbocycles. The SMILES string of the molecule is Cc1ccc(CN2CCC(C#N)(c3ccccc3)CC2)c2ccccc12. The molecule has 0 aromatic heterocycles. The maximum atomic E-state index is 9.87. The van der Waals surface area contributed by atoms with E-state index in [-0.39, 0.29) is 5.41 Å². The van der Waals surface area contributed by atoms with E-state index in [1.54, 1.807) is 0 Å². The van der Waals surface area contributed by atoms with Gasteiger partial charge in [-0.25, -0.2) is 0 Å². The molecule has 1 aliphatic rings. The molecule has 0 N–H and O–H groups in total. The largest absolute Gasteiger partial charge is 0.299 e. The molecule has 4 rings (SSSR count). The third kappa shape index (κ3) is 3.00. The first kappa shape index (κ1) is 16.8. The molecule has 0 spiro atoms. The normalized spacial score (nSPS) is 17.1. The van der Waals surface area contributed by atoms with E-state index in [0.29, 0.717) is 0 Å². The Morgan fingerprint density at radius 1 is 0.885 bits per heavy atom. The van der Waals surface area contributed by atoms with Crippen molar-refractivity contribution in [2.24, 2.45) is 0 Å². The summed E-state index contributed by atoms with van der Waals surface area (Å²) in [6.07, 6.45) is 1.80. The number of nitrogens with zero attached hydrogens (tertiary/aromatic N) is 2. The molecule has 0 saturated carbocycles. The van der Waals surface area contributed by atoms with Crippen molar-refractivity contribution in [2.45, 2.75) is 31.7 Å². The first-order chi connectivity index (χ1) is 12.7. The number of hydrogen-bond acceptors (Lipinski definition) is 2. The van der Waals surface area contributed by atoms with Crippen molar-refractivity contribution in [1.29, 1.82) is 5.26 Å². The van der Waals surface area contributed by atoms with Crippen molar-refractivity contribution < 1.29 is 0 Å². The number of aryl methyl sites for hydroxylation is 1. The van der Waals surface area contributed by atoms with Crippen LogP contribution in [0.25, 0.3) is 10.8 Å². The van der Waals surface area contributed by atoms with E-state index in [0.717, 1.165) is 32.5 Å². The summed E-state index contributed by atoms with van der Waals surface area (Å²) in [6, 6.07) is 26.1. The zero-order valence-corrected chi connectivity index (χ0v) is 15.3. The quantitative estimate of drug-likeness (QED) is 0.655. The molecule has 2 heteroatoms. The van der Waals surface area contributed by atoms with Crippen molar-refractivity contribution in [3.8, 4) is 6.07 Å². The van der Waals surface area contributed by atoms with Crippen LogP contribution in [0.3, 0.4) is 0 Å². The third-order valence-corrected chi connectivity index (χ3v) is 5.88. The highest BCUT2D eigenvalue weighted by Gasteiger charge is 2.36. The summed E-state index contributed by atoms with van der Waals surface area (Å²) in [4.78, 5) is 2.50. The molecule has 1 heterocycles. The average molecular weight is 340 g/mol. The highest BCUT2D eigenvalue weighted by atomic mass is 15.1. The fourth-order valence-electron chi connectivity index (χ4n) is 4.21. The summed E-state index contributed by atoms with van der Waals surface area (Å²) in [7, 11) is 0. The fraction of sp³-hybridized carbons (Fsp3) is 0.292. The van der Waals surface area contributed by atoms with Gasteiger partial charge in [-0.15, -0.1) is 0 Å². The van der Waals surface area contributed by atoms with Gasteiger partial charge >= 0.3 is 0 Å². The molecule has 1 fully saturated rings. The number of hydrogen-bond donors (Lipinski definition) is 0. The minimum atomic E-state index is -0.326. The van der Waals surface area contributed by atoms with Gasteiger partial charge in [-0.2, -0.15) is 5.26 Å². The summed E-state index contributed by atoms with van der Waals surface area (Å²) < 4.78 is 0. The molecule has 0 bridgehead atoms. The van der Waals surface area contributed by atoms with Gasteiger partial charge in [0.1, 0.15) is 0 Å². The van der Waals surface area contributed by atoms with Crippen LogP contribution in [0.1, 0.15) is 29.5 Å². The van der Waals surface area contributed by atoms with E-state index in [2.05, 4.69) is 66.4 Å². The minimum absolute atomic E-state index is 0.326. The smallest absolute Gasteiger partial charge is 0.0846 e. The lowest BCUT2D eigenvalue weighted by Crippen LogP contribution is -2.41. The lowest BCUT2D eigenvalue weighted by molar-refractivity contribution is 0.179. The Balaban J connectivity index is 1.53. The summed E-state index contributed by atoms with van der Waals surface area (Å²) in [5.74, 6) is 0. The third-order valence-electron chi connectivity index (χ3n) is 5.88. The van der Waals surface area contributed by atoms with E-state index in [1.165, 1.54) is 27.5 Å². The number of likely N-dealkylation sites (tertiary alicyclic amines) is 1. The summed E-state index contributed by atoms with van der Waals surface area (Å²) >= 11 is 0. The van der Waals surface area contributed by atoms with Crippen LogP contribution in [-0.4, -0.2) is 18.0 Å². The number of rotatable bonds is 3. The maximum absolute atomic E-state index is 9.87. The van der Waals surface area contributed by atoms with Gasteiger partial charge in [0, 0.05) is 19.6 Å². The van der Waals surface area contributed by atoms with Crippen molar-refractivity contribution in [2.75, 3.05) is 13.1 Å². The molecule has 0 atom stereocenters. The highest BCUT2D eigenvalue weighted by molar-refractivity contribution is 5.88. The van der Waals surface area contributed by atoms with E-state index >= 15 is 0 Å². The standard InChI is InChI=1S/C24H24N2/c1-19-11-12-20(23-10-6-5-9-22(19)23)17-26-15-13-24(18-25,14-16-26)21-7-3-2-4-8-21/h2-12H,13-17H2,1H3. The van der Waals surface area contributed by atoms with E-state index in [1.807, 2.05) is 18.2 Å². The predicted molar refractivity (Wildman–Crippen MR) is 107 cm³/mol. The first-order valence-corrected chi connectivity index (χ1v) is 9.38. The van der Waals surface area contributed by atoms with Crippen LogP contribution in [0.5, 0.6) is 0 Å². The van der Waals surface area contributed by atoms with Crippen molar-refractivity contribution in [3.63, 3.8) is 0 Å². The molecular weight excluding hydrogens is 316 g/mol. The van der Waals surface area contributed by atoms with Crippen molar-refractivity contribution >= 4 is 10.8 Å². The van der Waals surface area contributed by atoms with Gasteiger partial charge in [0.05, 0.1) is 11.5 Å². The molecule has 3 aromatic rings. The van der Waals surface area contributed by atoms with Gasteiger partial charge < -0.3 is 0 Å². The van der Waals surface area contributed by atoms with E-state index < -0.39 is 0 Å². The summed E-state index contributed by atoms with van der Waals surface area (Å²) in [5, 5.41) is 12.6. The zero-order valence-electron chi connectivity index (χ0n) is 15.3. The second-order valence-corrected chi connectivity index (χ2v) is 7.42. The topological polar surface area (TPSA) is 27.0 Å². The Labute approximate surface area is 155 Å². The van der Waals surface area contributed by atoms with Gasteiger partial charge in [0.25, 0.3) is 0 Å². The van der Waals surface area contributed by atoms with Crippen LogP contribution in [0.15, 0.2) is 66.7 Å². The van der Waals surface area contributed by atoms with E-state index in [4.69, 9.17) is 0 Å². The van der Waals surface area contributed by atoms with Crippen LogP contribution < -0.4 is 0 Å². The average Bonchev–Trinajstić information content (AvgIpc) is 2.72. The van der Waals surface area contributed by atoms with Crippen molar-refractivity contribution in [1.82, 2.24) is 4.90 Å². The van der Waals surface area contributed by atoms with Crippen LogP contribution in [0.4, 0.5) is 0 Å². The van der Waals surface area contributed by atoms with Crippen LogP contribution >= 0.6 is 0 Å². The molecule has 1 saturated heterocycles. The van der Waals surface area contributed by atoms with Crippen LogP contribution in [0.2, 0.25) is 0 Å². The molecule has 1 aliphatic heterocycles. The number of fused-ring (bicyclic) bond motifs is 1. The van der Waals surface area contributed by atoms with Crippen molar-refractivity contribution in [3.05, 3.63) is 83.4 Å². The second kappa shape index (κ2) is 6.94. The molecule has 0 amide bonds. The summed E-state index contributed by atoms with van der Waals surface area (Å²) in [5.41, 5.74) is 3.56. The van der Waals surface area contributed by atoms with Gasteiger partial charge in [-0.3, -0.25) is 4.90 Å². The maximum Gasteiger partial charge on any atom is 0.0846 e. The predicted octanol–water partition coefficient (Wildman–Crippen LogP) is 5.21. The Hall–Kier alpha value is -2.63. The lowest BCUT2D eigenvalue weighted by Gasteiger charge is -2.37. The summed E-state index contributed by atoms with van der Waals surface area (Å²) in [6.45, 7) is 5.06. The van der Waals surface area contributed by atoms with E-state index in [9.17, 15) is 5.26 Å². The zero-order chi connectivity index (χ0) is 18.0. The van der Waals surface area contributed by atoms with Gasteiger partial charge in [-0.05, 0) is 47.2 Å². The van der Waals surface area contributed by atoms with Gasteiger partial charge in [0.2, 0.25) is 0 Å². The molecule has 0 radical (unpaired) electrons. The minimum Gasteiger partial charge on any atom is -0.299 e. The van der Waals surface area contributed by atoms with Crippen LogP contribution in [0, 0.1) is 18.3 Å². The van der Waals surface area contributed by atoms with Crippen LogP contribution in [-0.2, 0) is 12.0 Å². The Bertz CT molecular complexity index is 945. The molecule has 2 nitrogen and oxygen atoms in total. The molecule has 0 unspecified atom stereocenters. The van der Waals surface area contributed by atoms with Gasteiger partial charge in [-0.1, -0.05) is 66.7 Å². The Kier molecular flexibility index (Phi) is 4.49. The fourth-order valence-corrected chi connectivity index (χ4v) is 4.21. The number of nitriles is 1. The number of piperidine rings is 1. The second-order valence-electron chi connectivity index (χ2n) is 7.42. The molecule has 0 aliphatic carbocycles. The Morgan fingerprint density at radius 3 is 2.23 bits per heavy atom. The lowest BCUT2D eigenvalue weighted by atomic mass is 9.74. The molecule has 130 valence electrons. The Morgan fingerprint density at radius 2 is 1.54 bits per heavy atom. The molecular formula is C24H24N2. The van der Waals surface area contributed by atoms with Gasteiger partial charge in [0.15, 0.2) is 0 Å². The highest BCUT2D eigenvalue weighted by Crippen LogP contribution is 2.35. The first-order valence-electron chi connectivity index (χ1n) is 9.38. The molecule has 26 heavy (non-hydrogen) atoms. The number of benzene rings is 3.